The summed E-state index contributed by atoms with van der Waals surface area (Å²) in [7, 11) is -3.88. The number of rotatable bonds is 4. The van der Waals surface area contributed by atoms with Crippen LogP contribution in [0.2, 0.25) is 0 Å². The Kier molecular flexibility index (Phi) is 4.88. The van der Waals surface area contributed by atoms with Gasteiger partial charge in [0.1, 0.15) is 0 Å². The summed E-state index contributed by atoms with van der Waals surface area (Å²) >= 11 is 0. The molecule has 0 aliphatic carbocycles. The van der Waals surface area contributed by atoms with Crippen molar-refractivity contribution in [3.05, 3.63) is 102 Å². The highest BCUT2D eigenvalue weighted by molar-refractivity contribution is 7.90. The lowest BCUT2D eigenvalue weighted by Crippen LogP contribution is -2.13. The largest absolute Gasteiger partial charge is 0.392 e. The number of fused-ring (bicyclic) bond motifs is 3. The minimum atomic E-state index is -3.88. The molecule has 0 aliphatic heterocycles. The number of aromatic nitrogens is 1. The molecule has 5 aromatic rings. The molecule has 0 radical (unpaired) electrons. The summed E-state index contributed by atoms with van der Waals surface area (Å²) in [4.78, 5) is 0.244. The fraction of sp³-hybridized carbons (Fsp3) is 0.111. The van der Waals surface area contributed by atoms with Crippen molar-refractivity contribution in [2.75, 3.05) is 0 Å². The highest BCUT2D eigenvalue weighted by Gasteiger charge is 2.27. The SMILES string of the molecule is Cc1ccc(S(=O)(=O)n2c3ccccc3c3cc(CO)c(C)c(-c4ccccc4)c32)cc1. The van der Waals surface area contributed by atoms with Crippen molar-refractivity contribution in [2.24, 2.45) is 0 Å². The number of nitrogens with zero attached hydrogens (tertiary/aromatic N) is 1. The van der Waals surface area contributed by atoms with Gasteiger partial charge in [0.05, 0.1) is 22.5 Å². The van der Waals surface area contributed by atoms with Crippen molar-refractivity contribution in [3.8, 4) is 11.1 Å². The zero-order chi connectivity index (χ0) is 22.5. The van der Waals surface area contributed by atoms with Gasteiger partial charge in [-0.15, -0.1) is 0 Å². The summed E-state index contributed by atoms with van der Waals surface area (Å²) < 4.78 is 29.5. The number of aliphatic hydroxyl groups excluding tert-OH is 1. The average Bonchev–Trinajstić information content (AvgIpc) is 3.14. The van der Waals surface area contributed by atoms with Crippen LogP contribution in [0, 0.1) is 13.8 Å². The van der Waals surface area contributed by atoms with Gasteiger partial charge >= 0.3 is 0 Å². The molecule has 32 heavy (non-hydrogen) atoms. The monoisotopic (exact) mass is 441 g/mol. The zero-order valence-electron chi connectivity index (χ0n) is 17.9. The number of hydrogen-bond acceptors (Lipinski definition) is 3. The van der Waals surface area contributed by atoms with Gasteiger partial charge in [-0.25, -0.2) is 12.4 Å². The number of hydrogen-bond donors (Lipinski definition) is 1. The van der Waals surface area contributed by atoms with Gasteiger partial charge in [0, 0.05) is 16.3 Å². The maximum Gasteiger partial charge on any atom is 0.268 e. The highest BCUT2D eigenvalue weighted by atomic mass is 32.2. The van der Waals surface area contributed by atoms with Crippen LogP contribution in [0.5, 0.6) is 0 Å². The van der Waals surface area contributed by atoms with Gasteiger partial charge in [0.2, 0.25) is 0 Å². The first-order chi connectivity index (χ1) is 15.4. The molecule has 0 aliphatic rings. The first-order valence-electron chi connectivity index (χ1n) is 10.5. The molecule has 0 spiro atoms. The third kappa shape index (κ3) is 3.05. The van der Waals surface area contributed by atoms with E-state index >= 15 is 0 Å². The molecule has 0 atom stereocenters. The number of benzene rings is 4. The number of aliphatic hydroxyl groups is 1. The number of aryl methyl sites for hydroxylation is 1. The maximum atomic E-state index is 14.0. The fourth-order valence-electron chi connectivity index (χ4n) is 4.43. The third-order valence-electron chi connectivity index (χ3n) is 6.08. The van der Waals surface area contributed by atoms with E-state index in [-0.39, 0.29) is 11.5 Å². The third-order valence-corrected chi connectivity index (χ3v) is 7.80. The minimum Gasteiger partial charge on any atom is -0.392 e. The van der Waals surface area contributed by atoms with E-state index in [1.165, 1.54) is 3.97 Å². The van der Waals surface area contributed by atoms with Gasteiger partial charge in [0.25, 0.3) is 10.0 Å². The quantitative estimate of drug-likeness (QED) is 0.383. The normalized spacial score (nSPS) is 12.0. The zero-order valence-corrected chi connectivity index (χ0v) is 18.7. The predicted octanol–water partition coefficient (Wildman–Crippen LogP) is 5.81. The van der Waals surface area contributed by atoms with E-state index < -0.39 is 10.0 Å². The predicted molar refractivity (Wildman–Crippen MR) is 129 cm³/mol. The van der Waals surface area contributed by atoms with E-state index in [0.717, 1.165) is 38.6 Å². The van der Waals surface area contributed by atoms with Crippen LogP contribution >= 0.6 is 0 Å². The lowest BCUT2D eigenvalue weighted by Gasteiger charge is -2.16. The van der Waals surface area contributed by atoms with Gasteiger partial charge in [-0.05, 0) is 54.8 Å². The molecule has 5 rings (SSSR count). The smallest absolute Gasteiger partial charge is 0.268 e. The van der Waals surface area contributed by atoms with Crippen LogP contribution in [-0.4, -0.2) is 17.5 Å². The lowest BCUT2D eigenvalue weighted by molar-refractivity contribution is 0.281. The van der Waals surface area contributed by atoms with E-state index in [1.54, 1.807) is 12.1 Å². The Balaban J connectivity index is 2.01. The van der Waals surface area contributed by atoms with Crippen LogP contribution < -0.4 is 0 Å². The maximum absolute atomic E-state index is 14.0. The summed E-state index contributed by atoms with van der Waals surface area (Å²) in [6.07, 6.45) is 0. The lowest BCUT2D eigenvalue weighted by atomic mass is 9.93. The Labute approximate surface area is 187 Å². The molecule has 0 amide bonds. The second kappa shape index (κ2) is 7.62. The summed E-state index contributed by atoms with van der Waals surface area (Å²) in [5.41, 5.74) is 5.64. The van der Waals surface area contributed by atoms with Crippen LogP contribution in [0.3, 0.4) is 0 Å². The Morgan fingerprint density at radius 2 is 1.47 bits per heavy atom. The molecule has 1 N–H and O–H groups in total. The summed E-state index contributed by atoms with van der Waals surface area (Å²) in [6.45, 7) is 3.75. The van der Waals surface area contributed by atoms with Gasteiger partial charge in [-0.3, -0.25) is 0 Å². The highest BCUT2D eigenvalue weighted by Crippen LogP contribution is 2.41. The Morgan fingerprint density at radius 1 is 0.812 bits per heavy atom. The Hall–Kier alpha value is -3.41. The van der Waals surface area contributed by atoms with Crippen LogP contribution in [0.25, 0.3) is 32.9 Å². The molecule has 160 valence electrons. The standard InChI is InChI=1S/C27H23NO3S/c1-18-12-14-22(15-13-18)32(30,31)28-25-11-7-6-10-23(25)24-16-21(17-29)19(2)26(27(24)28)20-8-4-3-5-9-20/h3-16,29H,17H2,1-2H3. The van der Waals surface area contributed by atoms with E-state index in [0.29, 0.717) is 11.0 Å². The van der Waals surface area contributed by atoms with E-state index in [4.69, 9.17) is 0 Å². The molecule has 0 fully saturated rings. The van der Waals surface area contributed by atoms with Gasteiger partial charge in [-0.1, -0.05) is 66.2 Å². The summed E-state index contributed by atoms with van der Waals surface area (Å²) in [6, 6.07) is 26.1. The second-order valence-corrected chi connectivity index (χ2v) is 9.84. The van der Waals surface area contributed by atoms with Crippen molar-refractivity contribution < 1.29 is 13.5 Å². The van der Waals surface area contributed by atoms with E-state index in [1.807, 2.05) is 86.6 Å². The van der Waals surface area contributed by atoms with Crippen molar-refractivity contribution in [1.29, 1.82) is 0 Å². The average molecular weight is 442 g/mol. The first kappa shape index (κ1) is 20.5. The molecule has 4 aromatic carbocycles. The summed E-state index contributed by atoms with van der Waals surface area (Å²) in [5, 5.41) is 11.7. The molecule has 0 saturated heterocycles. The van der Waals surface area contributed by atoms with Crippen LogP contribution in [0.1, 0.15) is 16.7 Å². The molecule has 1 aromatic heterocycles. The molecule has 0 bridgehead atoms. The van der Waals surface area contributed by atoms with Crippen LogP contribution in [0.15, 0.2) is 89.8 Å². The summed E-state index contributed by atoms with van der Waals surface area (Å²) in [5.74, 6) is 0. The van der Waals surface area contributed by atoms with Gasteiger partial charge in [0.15, 0.2) is 0 Å². The van der Waals surface area contributed by atoms with Crippen molar-refractivity contribution in [2.45, 2.75) is 25.3 Å². The molecule has 0 saturated carbocycles. The molecule has 5 heteroatoms. The topological polar surface area (TPSA) is 59.3 Å². The molecular weight excluding hydrogens is 418 g/mol. The Bertz CT molecular complexity index is 1570. The molecule has 4 nitrogen and oxygen atoms in total. The van der Waals surface area contributed by atoms with Gasteiger partial charge < -0.3 is 5.11 Å². The fourth-order valence-corrected chi connectivity index (χ4v) is 5.97. The molecule has 0 unspecified atom stereocenters. The van der Waals surface area contributed by atoms with Gasteiger partial charge in [-0.2, -0.15) is 0 Å². The second-order valence-electron chi connectivity index (χ2n) is 8.06. The number of para-hydroxylation sites is 1. The molecule has 1 heterocycles. The van der Waals surface area contributed by atoms with Crippen LogP contribution in [-0.2, 0) is 16.6 Å². The minimum absolute atomic E-state index is 0.119. The van der Waals surface area contributed by atoms with E-state index in [9.17, 15) is 13.5 Å². The first-order valence-corrected chi connectivity index (χ1v) is 11.9. The molecular formula is C27H23NO3S. The van der Waals surface area contributed by atoms with Crippen molar-refractivity contribution >= 4 is 31.8 Å². The van der Waals surface area contributed by atoms with Crippen LogP contribution in [0.4, 0.5) is 0 Å². The Morgan fingerprint density at radius 3 is 2.16 bits per heavy atom. The van der Waals surface area contributed by atoms with E-state index in [2.05, 4.69) is 0 Å². The van der Waals surface area contributed by atoms with Crippen molar-refractivity contribution in [3.63, 3.8) is 0 Å². The van der Waals surface area contributed by atoms with Crippen molar-refractivity contribution in [1.82, 2.24) is 3.97 Å².